The molecule has 18 heavy (non-hydrogen) atoms. The fourth-order valence-electron chi connectivity index (χ4n) is 2.83. The number of amides is 1. The third kappa shape index (κ3) is 4.25. The Hall–Kier alpha value is -0.610. The second-order valence-corrected chi connectivity index (χ2v) is 5.54. The van der Waals surface area contributed by atoms with Gasteiger partial charge in [-0.25, -0.2) is 0 Å². The third-order valence-electron chi connectivity index (χ3n) is 4.17. The van der Waals surface area contributed by atoms with E-state index >= 15 is 0 Å². The summed E-state index contributed by atoms with van der Waals surface area (Å²) < 4.78 is 0. The molecular formula is C14H29N3O. The summed E-state index contributed by atoms with van der Waals surface area (Å²) in [7, 11) is 4.21. The van der Waals surface area contributed by atoms with Gasteiger partial charge in [0.1, 0.15) is 0 Å². The zero-order valence-electron chi connectivity index (χ0n) is 12.3. The Morgan fingerprint density at radius 1 is 1.39 bits per heavy atom. The van der Waals surface area contributed by atoms with Gasteiger partial charge in [0.2, 0.25) is 5.91 Å². The molecule has 4 nitrogen and oxygen atoms in total. The van der Waals surface area contributed by atoms with Crippen molar-refractivity contribution >= 4 is 5.91 Å². The van der Waals surface area contributed by atoms with Crippen LogP contribution in [-0.2, 0) is 4.79 Å². The van der Waals surface area contributed by atoms with E-state index in [4.69, 9.17) is 0 Å². The van der Waals surface area contributed by atoms with Crippen molar-refractivity contribution in [2.45, 2.75) is 39.2 Å². The lowest BCUT2D eigenvalue weighted by molar-refractivity contribution is -0.124. The van der Waals surface area contributed by atoms with Crippen LogP contribution in [0.1, 0.15) is 33.1 Å². The molecule has 1 rings (SSSR count). The van der Waals surface area contributed by atoms with Crippen molar-refractivity contribution < 1.29 is 4.79 Å². The van der Waals surface area contributed by atoms with E-state index in [-0.39, 0.29) is 11.8 Å². The molecule has 0 aromatic heterocycles. The summed E-state index contributed by atoms with van der Waals surface area (Å²) >= 11 is 0. The van der Waals surface area contributed by atoms with Gasteiger partial charge in [-0.3, -0.25) is 4.79 Å². The Morgan fingerprint density at radius 2 is 2.06 bits per heavy atom. The first-order chi connectivity index (χ1) is 8.60. The molecule has 1 aliphatic rings. The molecule has 2 atom stereocenters. The highest BCUT2D eigenvalue weighted by molar-refractivity contribution is 5.79. The number of carbonyl (C=O) groups excluding carboxylic acids is 1. The fraction of sp³-hybridized carbons (Fsp3) is 0.929. The second kappa shape index (κ2) is 7.74. The van der Waals surface area contributed by atoms with Gasteiger partial charge in [0.05, 0.1) is 5.92 Å². The van der Waals surface area contributed by atoms with Crippen LogP contribution in [0.15, 0.2) is 0 Å². The zero-order chi connectivity index (χ0) is 13.5. The standard InChI is InChI=1S/C14H29N3O/c1-5-11(6-2)13(17(3)4)10-16-14(18)12-7-8-15-9-12/h11-13,15H,5-10H2,1-4H3,(H,16,18). The minimum absolute atomic E-state index is 0.175. The molecule has 2 unspecified atom stereocenters. The first-order valence-electron chi connectivity index (χ1n) is 7.24. The van der Waals surface area contributed by atoms with Crippen molar-refractivity contribution in [2.24, 2.45) is 11.8 Å². The molecule has 1 saturated heterocycles. The number of hydrogen-bond donors (Lipinski definition) is 2. The molecular weight excluding hydrogens is 226 g/mol. The summed E-state index contributed by atoms with van der Waals surface area (Å²) in [5, 5.41) is 6.37. The average molecular weight is 255 g/mol. The predicted molar refractivity (Wildman–Crippen MR) is 75.5 cm³/mol. The number of hydrogen-bond acceptors (Lipinski definition) is 3. The lowest BCUT2D eigenvalue weighted by Gasteiger charge is -2.31. The van der Waals surface area contributed by atoms with E-state index in [1.165, 1.54) is 12.8 Å². The number of carbonyl (C=O) groups is 1. The molecule has 4 heteroatoms. The molecule has 0 radical (unpaired) electrons. The first kappa shape index (κ1) is 15.4. The van der Waals surface area contributed by atoms with Gasteiger partial charge in [-0.15, -0.1) is 0 Å². The molecule has 2 N–H and O–H groups in total. The van der Waals surface area contributed by atoms with Crippen molar-refractivity contribution in [3.05, 3.63) is 0 Å². The number of likely N-dealkylation sites (N-methyl/N-ethyl adjacent to an activating group) is 1. The molecule has 0 bridgehead atoms. The van der Waals surface area contributed by atoms with Crippen LogP contribution < -0.4 is 10.6 Å². The maximum absolute atomic E-state index is 12.0. The Kier molecular flexibility index (Phi) is 6.65. The van der Waals surface area contributed by atoms with E-state index in [0.29, 0.717) is 12.0 Å². The van der Waals surface area contributed by atoms with Crippen molar-refractivity contribution in [3.63, 3.8) is 0 Å². The molecule has 0 saturated carbocycles. The Balaban J connectivity index is 2.43. The van der Waals surface area contributed by atoms with Gasteiger partial charge in [0.25, 0.3) is 0 Å². The lowest BCUT2D eigenvalue weighted by Crippen LogP contribution is -2.46. The summed E-state index contributed by atoms with van der Waals surface area (Å²) in [4.78, 5) is 14.2. The van der Waals surface area contributed by atoms with Crippen LogP contribution in [0.2, 0.25) is 0 Å². The highest BCUT2D eigenvalue weighted by Gasteiger charge is 2.25. The highest BCUT2D eigenvalue weighted by atomic mass is 16.1. The van der Waals surface area contributed by atoms with E-state index in [0.717, 1.165) is 26.1 Å². The topological polar surface area (TPSA) is 44.4 Å². The predicted octanol–water partition coefficient (Wildman–Crippen LogP) is 1.08. The van der Waals surface area contributed by atoms with E-state index in [9.17, 15) is 4.79 Å². The maximum atomic E-state index is 12.0. The van der Waals surface area contributed by atoms with Crippen LogP contribution >= 0.6 is 0 Å². The van der Waals surface area contributed by atoms with Crippen molar-refractivity contribution in [1.29, 1.82) is 0 Å². The molecule has 0 aliphatic carbocycles. The van der Waals surface area contributed by atoms with Gasteiger partial charge in [0, 0.05) is 19.1 Å². The monoisotopic (exact) mass is 255 g/mol. The summed E-state index contributed by atoms with van der Waals surface area (Å²) in [6.07, 6.45) is 3.31. The van der Waals surface area contributed by atoms with Gasteiger partial charge < -0.3 is 15.5 Å². The van der Waals surface area contributed by atoms with Crippen molar-refractivity contribution in [3.8, 4) is 0 Å². The van der Waals surface area contributed by atoms with Crippen LogP contribution in [0.25, 0.3) is 0 Å². The van der Waals surface area contributed by atoms with Crippen LogP contribution in [0.5, 0.6) is 0 Å². The number of rotatable bonds is 7. The molecule has 0 aromatic rings. The van der Waals surface area contributed by atoms with E-state index in [1.54, 1.807) is 0 Å². The number of nitrogens with one attached hydrogen (secondary N) is 2. The quantitative estimate of drug-likeness (QED) is 0.715. The SMILES string of the molecule is CCC(CC)C(CNC(=O)C1CCNC1)N(C)C. The summed E-state index contributed by atoms with van der Waals surface area (Å²) in [5.41, 5.74) is 0. The van der Waals surface area contributed by atoms with Crippen molar-refractivity contribution in [1.82, 2.24) is 15.5 Å². The Bertz CT molecular complexity index is 245. The van der Waals surface area contributed by atoms with Gasteiger partial charge in [0.15, 0.2) is 0 Å². The summed E-state index contributed by atoms with van der Waals surface area (Å²) in [6.45, 7) is 7.04. The van der Waals surface area contributed by atoms with Crippen LogP contribution in [-0.4, -0.2) is 50.6 Å². The normalized spacial score (nSPS) is 21.6. The molecule has 1 heterocycles. The largest absolute Gasteiger partial charge is 0.354 e. The molecule has 0 spiro atoms. The van der Waals surface area contributed by atoms with Gasteiger partial charge in [-0.05, 0) is 33.0 Å². The van der Waals surface area contributed by atoms with E-state index in [2.05, 4.69) is 43.5 Å². The highest BCUT2D eigenvalue weighted by Crippen LogP contribution is 2.16. The van der Waals surface area contributed by atoms with Gasteiger partial charge in [-0.1, -0.05) is 26.7 Å². The third-order valence-corrected chi connectivity index (χ3v) is 4.17. The minimum Gasteiger partial charge on any atom is -0.354 e. The number of nitrogens with zero attached hydrogens (tertiary/aromatic N) is 1. The maximum Gasteiger partial charge on any atom is 0.224 e. The molecule has 1 fully saturated rings. The molecule has 1 amide bonds. The summed E-state index contributed by atoms with van der Waals surface area (Å²) in [5.74, 6) is 1.05. The van der Waals surface area contributed by atoms with Crippen LogP contribution in [0.3, 0.4) is 0 Å². The molecule has 106 valence electrons. The summed E-state index contributed by atoms with van der Waals surface area (Å²) in [6, 6.07) is 0.443. The second-order valence-electron chi connectivity index (χ2n) is 5.54. The lowest BCUT2D eigenvalue weighted by atomic mass is 9.93. The molecule has 1 aliphatic heterocycles. The van der Waals surface area contributed by atoms with Crippen LogP contribution in [0, 0.1) is 11.8 Å². The Labute approximate surface area is 111 Å². The van der Waals surface area contributed by atoms with E-state index < -0.39 is 0 Å². The van der Waals surface area contributed by atoms with Gasteiger partial charge >= 0.3 is 0 Å². The van der Waals surface area contributed by atoms with E-state index in [1.807, 2.05) is 0 Å². The zero-order valence-corrected chi connectivity index (χ0v) is 12.3. The minimum atomic E-state index is 0.175. The van der Waals surface area contributed by atoms with Crippen molar-refractivity contribution in [2.75, 3.05) is 33.7 Å². The van der Waals surface area contributed by atoms with Gasteiger partial charge in [-0.2, -0.15) is 0 Å². The van der Waals surface area contributed by atoms with Crippen LogP contribution in [0.4, 0.5) is 0 Å². The first-order valence-corrected chi connectivity index (χ1v) is 7.24. The Morgan fingerprint density at radius 3 is 2.50 bits per heavy atom. The molecule has 0 aromatic carbocycles. The smallest absolute Gasteiger partial charge is 0.224 e. The average Bonchev–Trinajstić information content (AvgIpc) is 2.87. The fourth-order valence-corrected chi connectivity index (χ4v) is 2.83.